The van der Waals surface area contributed by atoms with Crippen molar-refractivity contribution in [2.45, 2.75) is 19.9 Å². The van der Waals surface area contributed by atoms with Gasteiger partial charge in [-0.15, -0.1) is 0 Å². The van der Waals surface area contributed by atoms with E-state index in [0.29, 0.717) is 21.3 Å². The lowest BCUT2D eigenvalue weighted by Crippen LogP contribution is -2.29. The van der Waals surface area contributed by atoms with Crippen LogP contribution in [-0.4, -0.2) is 21.8 Å². The van der Waals surface area contributed by atoms with Crippen LogP contribution >= 0.6 is 45.5 Å². The number of hydrogen-bond acceptors (Lipinski definition) is 5. The zero-order valence-electron chi connectivity index (χ0n) is 18.2. The van der Waals surface area contributed by atoms with Gasteiger partial charge in [-0.25, -0.2) is 4.98 Å². The van der Waals surface area contributed by atoms with Crippen molar-refractivity contribution in [1.82, 2.24) is 4.98 Å². The number of aliphatic hydroxyl groups excluding tert-OH is 1. The van der Waals surface area contributed by atoms with Gasteiger partial charge in [0.1, 0.15) is 5.76 Å². The van der Waals surface area contributed by atoms with Crippen LogP contribution in [0.1, 0.15) is 28.3 Å². The number of aliphatic hydroxyl groups is 1. The van der Waals surface area contributed by atoms with E-state index in [1.807, 2.05) is 50.2 Å². The fraction of sp³-hybridized carbons (Fsp3) is 0.115. The molecule has 2 heterocycles. The summed E-state index contributed by atoms with van der Waals surface area (Å²) in [6.45, 7) is 3.99. The largest absolute Gasteiger partial charge is 0.507 e. The van der Waals surface area contributed by atoms with E-state index in [2.05, 4.69) is 22.6 Å². The maximum absolute atomic E-state index is 13.4. The number of benzene rings is 3. The Bertz CT molecular complexity index is 1490. The van der Waals surface area contributed by atoms with Crippen LogP contribution in [0.4, 0.5) is 5.13 Å². The highest BCUT2D eigenvalue weighted by Crippen LogP contribution is 2.44. The molecule has 1 aromatic heterocycles. The number of amides is 1. The van der Waals surface area contributed by atoms with Gasteiger partial charge in [0.25, 0.3) is 5.78 Å². The molecule has 3 aromatic carbocycles. The molecule has 5 rings (SSSR count). The summed E-state index contributed by atoms with van der Waals surface area (Å²) >= 11 is 9.56. The fourth-order valence-electron chi connectivity index (χ4n) is 4.22. The molecule has 1 unspecified atom stereocenters. The molecule has 34 heavy (non-hydrogen) atoms. The predicted octanol–water partition coefficient (Wildman–Crippen LogP) is 6.80. The molecule has 170 valence electrons. The number of nitrogens with zero attached hydrogens (tertiary/aromatic N) is 2. The van der Waals surface area contributed by atoms with Gasteiger partial charge in [-0.3, -0.25) is 14.5 Å². The molecule has 0 saturated carbocycles. The molecular formula is C26H18ClIN2O3S. The van der Waals surface area contributed by atoms with Crippen LogP contribution < -0.4 is 4.90 Å². The molecule has 8 heteroatoms. The van der Waals surface area contributed by atoms with Crippen molar-refractivity contribution in [2.75, 3.05) is 4.90 Å². The van der Waals surface area contributed by atoms with E-state index < -0.39 is 17.7 Å². The lowest BCUT2D eigenvalue weighted by Gasteiger charge is -2.23. The van der Waals surface area contributed by atoms with E-state index in [1.165, 1.54) is 16.2 Å². The molecule has 1 amide bonds. The molecule has 4 aromatic rings. The first-order valence-corrected chi connectivity index (χ1v) is 12.7. The highest BCUT2D eigenvalue weighted by Gasteiger charge is 2.48. The average Bonchev–Trinajstić information content (AvgIpc) is 3.33. The zero-order valence-corrected chi connectivity index (χ0v) is 21.9. The number of thiazole rings is 1. The number of carbonyl (C=O) groups excluding carboxylic acids is 2. The Morgan fingerprint density at radius 1 is 1.06 bits per heavy atom. The minimum absolute atomic E-state index is 0.0284. The van der Waals surface area contributed by atoms with Crippen LogP contribution in [0.3, 0.4) is 0 Å². The molecule has 1 saturated heterocycles. The van der Waals surface area contributed by atoms with Gasteiger partial charge >= 0.3 is 5.91 Å². The Labute approximate surface area is 218 Å². The highest BCUT2D eigenvalue weighted by molar-refractivity contribution is 14.1. The first-order valence-electron chi connectivity index (χ1n) is 10.4. The second-order valence-corrected chi connectivity index (χ2v) is 10.8. The molecule has 1 atom stereocenters. The van der Waals surface area contributed by atoms with Gasteiger partial charge in [-0.05, 0) is 95.6 Å². The van der Waals surface area contributed by atoms with Crippen molar-refractivity contribution in [2.24, 2.45) is 0 Å². The SMILES string of the molecule is Cc1cc(C)c2nc(N3C(=O)C(=O)C(=C(O)c4ccc(Cl)cc4)C3c3ccc(I)cc3)sc2c1. The third kappa shape index (κ3) is 3.91. The van der Waals surface area contributed by atoms with Crippen LogP contribution in [0.25, 0.3) is 16.0 Å². The Morgan fingerprint density at radius 3 is 2.41 bits per heavy atom. The summed E-state index contributed by atoms with van der Waals surface area (Å²) in [5.41, 5.74) is 4.04. The minimum atomic E-state index is -0.811. The molecule has 1 N–H and O–H groups in total. The van der Waals surface area contributed by atoms with Gasteiger partial charge < -0.3 is 5.11 Å². The Kier molecular flexibility index (Phi) is 5.95. The third-order valence-corrected chi connectivity index (χ3v) is 7.75. The maximum Gasteiger partial charge on any atom is 0.301 e. The number of carbonyl (C=O) groups is 2. The first-order chi connectivity index (χ1) is 16.2. The number of anilines is 1. The van der Waals surface area contributed by atoms with E-state index in [4.69, 9.17) is 16.6 Å². The summed E-state index contributed by atoms with van der Waals surface area (Å²) in [5, 5.41) is 12.1. The zero-order chi connectivity index (χ0) is 24.1. The number of fused-ring (bicyclic) bond motifs is 1. The Hall–Kier alpha value is -2.75. The van der Waals surface area contributed by atoms with Gasteiger partial charge in [0, 0.05) is 14.2 Å². The van der Waals surface area contributed by atoms with Crippen LogP contribution in [-0.2, 0) is 9.59 Å². The van der Waals surface area contributed by atoms with Gasteiger partial charge in [0.2, 0.25) is 0 Å². The second kappa shape index (κ2) is 8.79. The summed E-state index contributed by atoms with van der Waals surface area (Å²) in [6, 6.07) is 17.3. The van der Waals surface area contributed by atoms with Crippen molar-refractivity contribution >= 4 is 78.3 Å². The summed E-state index contributed by atoms with van der Waals surface area (Å²) in [6.07, 6.45) is 0. The van der Waals surface area contributed by atoms with Crippen LogP contribution in [0, 0.1) is 17.4 Å². The van der Waals surface area contributed by atoms with Crippen LogP contribution in [0.2, 0.25) is 5.02 Å². The highest BCUT2D eigenvalue weighted by atomic mass is 127. The molecule has 0 radical (unpaired) electrons. The quantitative estimate of drug-likeness (QED) is 0.122. The van der Waals surface area contributed by atoms with Gasteiger partial charge in [-0.1, -0.05) is 41.1 Å². The number of halogens is 2. The van der Waals surface area contributed by atoms with Gasteiger partial charge in [0.05, 0.1) is 21.8 Å². The number of rotatable bonds is 3. The van der Waals surface area contributed by atoms with Crippen molar-refractivity contribution in [3.05, 3.63) is 97.1 Å². The molecule has 0 spiro atoms. The molecule has 5 nitrogen and oxygen atoms in total. The predicted molar refractivity (Wildman–Crippen MR) is 144 cm³/mol. The standard InChI is InChI=1S/C26H18ClIN2O3S/c1-13-11-14(2)21-19(12-13)34-26(29-21)30-22(15-5-9-18(28)10-6-15)20(24(32)25(30)33)23(31)16-3-7-17(27)8-4-16/h3-12,22,31H,1-2H3. The van der Waals surface area contributed by atoms with Crippen LogP contribution in [0.15, 0.2) is 66.2 Å². The lowest BCUT2D eigenvalue weighted by molar-refractivity contribution is -0.132. The monoisotopic (exact) mass is 600 g/mol. The van der Waals surface area contributed by atoms with E-state index >= 15 is 0 Å². The number of aromatic nitrogens is 1. The maximum atomic E-state index is 13.4. The first kappa shape index (κ1) is 23.0. The molecule has 0 bridgehead atoms. The third-order valence-electron chi connectivity index (χ3n) is 5.77. The molecule has 1 aliphatic heterocycles. The van der Waals surface area contributed by atoms with E-state index in [-0.39, 0.29) is 11.3 Å². The van der Waals surface area contributed by atoms with Crippen molar-refractivity contribution in [3.63, 3.8) is 0 Å². The smallest absolute Gasteiger partial charge is 0.301 e. The minimum Gasteiger partial charge on any atom is -0.507 e. The fourth-order valence-corrected chi connectivity index (χ4v) is 5.87. The molecule has 1 fully saturated rings. The number of ketones is 1. The van der Waals surface area contributed by atoms with Crippen molar-refractivity contribution in [1.29, 1.82) is 0 Å². The Morgan fingerprint density at radius 2 is 1.74 bits per heavy atom. The molecule has 1 aliphatic rings. The summed E-state index contributed by atoms with van der Waals surface area (Å²) < 4.78 is 1.95. The number of aryl methyl sites for hydroxylation is 2. The average molecular weight is 601 g/mol. The summed E-state index contributed by atoms with van der Waals surface area (Å²) in [5.74, 6) is -1.70. The lowest BCUT2D eigenvalue weighted by atomic mass is 9.95. The number of hydrogen-bond donors (Lipinski definition) is 1. The van der Waals surface area contributed by atoms with E-state index in [1.54, 1.807) is 24.3 Å². The van der Waals surface area contributed by atoms with Crippen molar-refractivity contribution in [3.8, 4) is 0 Å². The summed E-state index contributed by atoms with van der Waals surface area (Å²) in [7, 11) is 0. The molecule has 0 aliphatic carbocycles. The topological polar surface area (TPSA) is 70.5 Å². The summed E-state index contributed by atoms with van der Waals surface area (Å²) in [4.78, 5) is 32.8. The van der Waals surface area contributed by atoms with Gasteiger partial charge in [0.15, 0.2) is 5.13 Å². The Balaban J connectivity index is 1.74. The number of Topliss-reactive ketones (excluding diaryl/α,β-unsaturated/α-hetero) is 1. The molecular weight excluding hydrogens is 583 g/mol. The van der Waals surface area contributed by atoms with Crippen molar-refractivity contribution < 1.29 is 14.7 Å². The normalized spacial score (nSPS) is 17.6. The van der Waals surface area contributed by atoms with Crippen LogP contribution in [0.5, 0.6) is 0 Å². The van der Waals surface area contributed by atoms with E-state index in [9.17, 15) is 14.7 Å². The van der Waals surface area contributed by atoms with E-state index in [0.717, 1.165) is 24.9 Å². The second-order valence-electron chi connectivity index (χ2n) is 8.15. The van der Waals surface area contributed by atoms with Gasteiger partial charge in [-0.2, -0.15) is 0 Å².